The Morgan fingerprint density at radius 2 is 2.20 bits per heavy atom. The van der Waals surface area contributed by atoms with Crippen molar-refractivity contribution in [2.45, 2.75) is 0 Å². The zero-order valence-electron chi connectivity index (χ0n) is 5.24. The lowest BCUT2D eigenvalue weighted by Gasteiger charge is -1.93. The molecule has 4 N–H and O–H groups in total. The Balaban J connectivity index is 3.00. The van der Waals surface area contributed by atoms with Crippen LogP contribution in [-0.2, 0) is 0 Å². The number of nitrogens with zero attached hydrogens (tertiary/aromatic N) is 1. The second-order valence-electron chi connectivity index (χ2n) is 1.84. The summed E-state index contributed by atoms with van der Waals surface area (Å²) in [6, 6.07) is 3.06. The standard InChI is InChI=1S/C6H7N3O/c7-4-1-2-5(6(8)10)9-3-4/h1-3H,7H2,(H2,8,10). The third kappa shape index (κ3) is 1.22. The van der Waals surface area contributed by atoms with E-state index in [1.807, 2.05) is 0 Å². The maximum Gasteiger partial charge on any atom is 0.267 e. The largest absolute Gasteiger partial charge is 0.397 e. The number of pyridine rings is 1. The van der Waals surface area contributed by atoms with E-state index in [1.165, 1.54) is 12.3 Å². The zero-order chi connectivity index (χ0) is 7.56. The van der Waals surface area contributed by atoms with E-state index < -0.39 is 5.91 Å². The first-order chi connectivity index (χ1) is 4.70. The van der Waals surface area contributed by atoms with Gasteiger partial charge in [0.05, 0.1) is 11.9 Å². The number of hydrogen-bond donors (Lipinski definition) is 2. The molecule has 0 aromatic carbocycles. The average molecular weight is 137 g/mol. The average Bonchev–Trinajstić information content (AvgIpc) is 1.88. The summed E-state index contributed by atoms with van der Waals surface area (Å²) in [4.78, 5) is 14.1. The van der Waals surface area contributed by atoms with Crippen molar-refractivity contribution in [3.8, 4) is 0 Å². The first-order valence-corrected chi connectivity index (χ1v) is 2.71. The van der Waals surface area contributed by atoms with Crippen LogP contribution in [0.5, 0.6) is 0 Å². The van der Waals surface area contributed by atoms with Crippen LogP contribution in [0.25, 0.3) is 0 Å². The van der Waals surface area contributed by atoms with Crippen molar-refractivity contribution in [2.75, 3.05) is 5.73 Å². The van der Waals surface area contributed by atoms with Crippen molar-refractivity contribution >= 4 is 11.6 Å². The Morgan fingerprint density at radius 1 is 1.50 bits per heavy atom. The van der Waals surface area contributed by atoms with Gasteiger partial charge in [-0.25, -0.2) is 4.98 Å². The van der Waals surface area contributed by atoms with Crippen LogP contribution in [0.3, 0.4) is 0 Å². The molecule has 52 valence electrons. The van der Waals surface area contributed by atoms with E-state index in [-0.39, 0.29) is 5.69 Å². The Morgan fingerprint density at radius 3 is 2.60 bits per heavy atom. The van der Waals surface area contributed by atoms with E-state index >= 15 is 0 Å². The molecule has 1 heterocycles. The predicted octanol–water partition coefficient (Wildman–Crippen LogP) is -0.237. The highest BCUT2D eigenvalue weighted by Crippen LogP contribution is 1.99. The van der Waals surface area contributed by atoms with Gasteiger partial charge in [-0.05, 0) is 12.1 Å². The van der Waals surface area contributed by atoms with Crippen LogP contribution < -0.4 is 11.5 Å². The summed E-state index contributed by atoms with van der Waals surface area (Å²) in [6.45, 7) is 0. The summed E-state index contributed by atoms with van der Waals surface area (Å²) in [5.41, 5.74) is 11.0. The topological polar surface area (TPSA) is 82.0 Å². The number of rotatable bonds is 1. The molecule has 0 saturated carbocycles. The van der Waals surface area contributed by atoms with E-state index in [1.54, 1.807) is 6.07 Å². The fourth-order valence-electron chi connectivity index (χ4n) is 0.551. The third-order valence-electron chi connectivity index (χ3n) is 1.04. The van der Waals surface area contributed by atoms with Gasteiger partial charge >= 0.3 is 0 Å². The Hall–Kier alpha value is -1.58. The fraction of sp³-hybridized carbons (Fsp3) is 0. The summed E-state index contributed by atoms with van der Waals surface area (Å²) in [5.74, 6) is -0.542. The van der Waals surface area contributed by atoms with E-state index in [9.17, 15) is 4.79 Å². The van der Waals surface area contributed by atoms with Crippen LogP contribution in [-0.4, -0.2) is 10.9 Å². The minimum absolute atomic E-state index is 0.231. The molecule has 1 aromatic heterocycles. The lowest BCUT2D eigenvalue weighted by molar-refractivity contribution is 0.0995. The second-order valence-corrected chi connectivity index (χ2v) is 1.84. The van der Waals surface area contributed by atoms with Gasteiger partial charge in [-0.2, -0.15) is 0 Å². The molecule has 0 aliphatic carbocycles. The molecule has 1 amide bonds. The summed E-state index contributed by atoms with van der Waals surface area (Å²) in [6.07, 6.45) is 1.39. The van der Waals surface area contributed by atoms with Gasteiger partial charge in [-0.15, -0.1) is 0 Å². The van der Waals surface area contributed by atoms with Crippen LogP contribution in [0.4, 0.5) is 5.69 Å². The molecule has 0 aliphatic heterocycles. The molecule has 1 rings (SSSR count). The quantitative estimate of drug-likeness (QED) is 0.560. The molecule has 4 heteroatoms. The molecule has 4 nitrogen and oxygen atoms in total. The number of carbonyl (C=O) groups excluding carboxylic acids is 1. The molecule has 0 unspecified atom stereocenters. The summed E-state index contributed by atoms with van der Waals surface area (Å²) < 4.78 is 0. The number of carbonyl (C=O) groups is 1. The van der Waals surface area contributed by atoms with Crippen LogP contribution in [0, 0.1) is 0 Å². The zero-order valence-corrected chi connectivity index (χ0v) is 5.24. The van der Waals surface area contributed by atoms with Gasteiger partial charge in [0.25, 0.3) is 5.91 Å². The highest BCUT2D eigenvalue weighted by molar-refractivity contribution is 5.90. The number of primary amides is 1. The van der Waals surface area contributed by atoms with Crippen LogP contribution in [0.15, 0.2) is 18.3 Å². The molecule has 0 radical (unpaired) electrons. The minimum Gasteiger partial charge on any atom is -0.397 e. The van der Waals surface area contributed by atoms with Gasteiger partial charge in [0.1, 0.15) is 5.69 Å². The molecular weight excluding hydrogens is 130 g/mol. The van der Waals surface area contributed by atoms with E-state index in [4.69, 9.17) is 11.5 Å². The Kier molecular flexibility index (Phi) is 1.53. The predicted molar refractivity (Wildman–Crippen MR) is 37.2 cm³/mol. The first kappa shape index (κ1) is 6.54. The lowest BCUT2D eigenvalue weighted by Crippen LogP contribution is -2.12. The molecule has 0 bridgehead atoms. The number of anilines is 1. The lowest BCUT2D eigenvalue weighted by atomic mass is 10.3. The van der Waals surface area contributed by atoms with Gasteiger partial charge in [0, 0.05) is 0 Å². The highest BCUT2D eigenvalue weighted by atomic mass is 16.1. The van der Waals surface area contributed by atoms with E-state index in [2.05, 4.69) is 4.98 Å². The van der Waals surface area contributed by atoms with Crippen molar-refractivity contribution < 1.29 is 4.79 Å². The Labute approximate surface area is 57.9 Å². The smallest absolute Gasteiger partial charge is 0.267 e. The number of aromatic nitrogens is 1. The van der Waals surface area contributed by atoms with Crippen molar-refractivity contribution in [2.24, 2.45) is 5.73 Å². The van der Waals surface area contributed by atoms with Crippen molar-refractivity contribution in [3.63, 3.8) is 0 Å². The monoisotopic (exact) mass is 137 g/mol. The van der Waals surface area contributed by atoms with Crippen LogP contribution >= 0.6 is 0 Å². The molecule has 1 aromatic rings. The molecular formula is C6H7N3O. The van der Waals surface area contributed by atoms with Crippen molar-refractivity contribution in [1.29, 1.82) is 0 Å². The van der Waals surface area contributed by atoms with Gasteiger partial charge < -0.3 is 11.5 Å². The van der Waals surface area contributed by atoms with Crippen LogP contribution in [0.2, 0.25) is 0 Å². The summed E-state index contributed by atoms with van der Waals surface area (Å²) in [7, 11) is 0. The highest BCUT2D eigenvalue weighted by Gasteiger charge is 1.98. The van der Waals surface area contributed by atoms with Crippen molar-refractivity contribution in [1.82, 2.24) is 4.98 Å². The molecule has 10 heavy (non-hydrogen) atoms. The Bertz CT molecular complexity index is 242. The number of nitrogens with two attached hydrogens (primary N) is 2. The van der Waals surface area contributed by atoms with Gasteiger partial charge in [-0.1, -0.05) is 0 Å². The summed E-state index contributed by atoms with van der Waals surface area (Å²) in [5, 5.41) is 0. The molecule has 0 saturated heterocycles. The van der Waals surface area contributed by atoms with Gasteiger partial charge in [0.15, 0.2) is 0 Å². The molecule has 0 fully saturated rings. The fourth-order valence-corrected chi connectivity index (χ4v) is 0.551. The van der Waals surface area contributed by atoms with E-state index in [0.29, 0.717) is 5.69 Å². The van der Waals surface area contributed by atoms with Crippen LogP contribution in [0.1, 0.15) is 10.5 Å². The number of amides is 1. The normalized spacial score (nSPS) is 9.20. The van der Waals surface area contributed by atoms with E-state index in [0.717, 1.165) is 0 Å². The molecule has 0 atom stereocenters. The minimum atomic E-state index is -0.542. The first-order valence-electron chi connectivity index (χ1n) is 2.71. The maximum absolute atomic E-state index is 10.4. The van der Waals surface area contributed by atoms with Gasteiger partial charge in [-0.3, -0.25) is 4.79 Å². The maximum atomic E-state index is 10.4. The second kappa shape index (κ2) is 2.34. The molecule has 0 spiro atoms. The number of hydrogen-bond acceptors (Lipinski definition) is 3. The third-order valence-corrected chi connectivity index (χ3v) is 1.04. The SMILES string of the molecule is NC(=O)c1ccc(N)cn1. The number of nitrogen functional groups attached to an aromatic ring is 1. The van der Waals surface area contributed by atoms with Crippen molar-refractivity contribution in [3.05, 3.63) is 24.0 Å². The molecule has 0 aliphatic rings. The van der Waals surface area contributed by atoms with Gasteiger partial charge in [0.2, 0.25) is 0 Å². The summed E-state index contributed by atoms with van der Waals surface area (Å²) >= 11 is 0.